The Kier molecular flexibility index (Phi) is 7.49. The third-order valence-electron chi connectivity index (χ3n) is 3.98. The molecule has 2 rings (SSSR count). The lowest BCUT2D eigenvalue weighted by Crippen LogP contribution is -2.42. The van der Waals surface area contributed by atoms with Crippen LogP contribution in [0.1, 0.15) is 26.3 Å². The van der Waals surface area contributed by atoms with Crippen molar-refractivity contribution in [1.29, 1.82) is 0 Å². The summed E-state index contributed by atoms with van der Waals surface area (Å²) in [5.74, 6) is 0.878. The molecule has 0 saturated carbocycles. The molecule has 24 heavy (non-hydrogen) atoms. The minimum absolute atomic E-state index is 0.306. The number of benzene rings is 1. The molecule has 0 aromatic heterocycles. The summed E-state index contributed by atoms with van der Waals surface area (Å²) in [7, 11) is 2.07. The van der Waals surface area contributed by atoms with E-state index in [1.807, 2.05) is 32.0 Å². The number of rotatable bonds is 9. The summed E-state index contributed by atoms with van der Waals surface area (Å²) in [6, 6.07) is 10.3. The predicted octanol–water partition coefficient (Wildman–Crippen LogP) is 3.62. The minimum atomic E-state index is -0.354. The van der Waals surface area contributed by atoms with Crippen LogP contribution in [-0.2, 0) is 14.2 Å². The zero-order chi connectivity index (χ0) is 17.4. The van der Waals surface area contributed by atoms with Crippen LogP contribution >= 0.6 is 11.8 Å². The van der Waals surface area contributed by atoms with Gasteiger partial charge in [-0.25, -0.2) is 0 Å². The van der Waals surface area contributed by atoms with E-state index in [0.29, 0.717) is 19.8 Å². The molecule has 1 aromatic carbocycles. The lowest BCUT2D eigenvalue weighted by atomic mass is 10.2. The molecule has 0 saturated heterocycles. The highest BCUT2D eigenvalue weighted by atomic mass is 32.2. The van der Waals surface area contributed by atoms with Crippen molar-refractivity contribution in [3.63, 3.8) is 0 Å². The zero-order valence-corrected chi connectivity index (χ0v) is 15.8. The molecule has 0 spiro atoms. The van der Waals surface area contributed by atoms with Crippen molar-refractivity contribution < 1.29 is 18.8 Å². The van der Waals surface area contributed by atoms with Crippen LogP contribution in [0, 0.1) is 0 Å². The Balaban J connectivity index is 2.00. The molecular weight excluding hydrogens is 322 g/mol. The average molecular weight is 351 g/mol. The molecule has 1 heterocycles. The van der Waals surface area contributed by atoms with Crippen molar-refractivity contribution in [2.24, 2.45) is 0 Å². The Labute approximate surface area is 149 Å². The average Bonchev–Trinajstić information content (AvgIpc) is 2.88. The largest absolute Gasteiger partial charge is 0.351 e. The summed E-state index contributed by atoms with van der Waals surface area (Å²) >= 11 is 1.80. The molecule has 1 aliphatic heterocycles. The van der Waals surface area contributed by atoms with Gasteiger partial charge in [-0.3, -0.25) is 0 Å². The quantitative estimate of drug-likeness (QED) is 0.503. The molecule has 4 nitrogen and oxygen atoms in total. The molecule has 0 aliphatic carbocycles. The number of hydrogen-bond donors (Lipinski definition) is 0. The maximum Gasteiger partial charge on any atom is 0.274 e. The van der Waals surface area contributed by atoms with Crippen LogP contribution in [0.2, 0.25) is 0 Å². The van der Waals surface area contributed by atoms with Crippen LogP contribution in [0.5, 0.6) is 0 Å². The Morgan fingerprint density at radius 2 is 1.83 bits per heavy atom. The predicted molar refractivity (Wildman–Crippen MR) is 101 cm³/mol. The molecule has 1 unspecified atom stereocenters. The molecule has 1 aromatic rings. The van der Waals surface area contributed by atoms with Crippen LogP contribution in [0.3, 0.4) is 0 Å². The molecule has 0 amide bonds. The van der Waals surface area contributed by atoms with E-state index >= 15 is 0 Å². The van der Waals surface area contributed by atoms with Crippen LogP contribution in [0.15, 0.2) is 36.4 Å². The van der Waals surface area contributed by atoms with Gasteiger partial charge in [0.15, 0.2) is 6.29 Å². The maximum absolute atomic E-state index is 6.15. The summed E-state index contributed by atoms with van der Waals surface area (Å²) in [6.07, 6.45) is 3.98. The van der Waals surface area contributed by atoms with E-state index in [1.54, 1.807) is 11.8 Å². The van der Waals surface area contributed by atoms with E-state index < -0.39 is 0 Å². The number of hydrogen-bond acceptors (Lipinski definition) is 4. The van der Waals surface area contributed by atoms with Crippen molar-refractivity contribution in [2.75, 3.05) is 32.6 Å². The molecule has 0 N–H and O–H groups in total. The van der Waals surface area contributed by atoms with E-state index in [9.17, 15) is 0 Å². The van der Waals surface area contributed by atoms with Crippen LogP contribution < -0.4 is 0 Å². The Bertz CT molecular complexity index is 567. The van der Waals surface area contributed by atoms with Gasteiger partial charge in [-0.05, 0) is 37.2 Å². The number of ether oxygens (including phenoxy) is 3. The zero-order valence-electron chi connectivity index (χ0n) is 15.0. The fourth-order valence-corrected chi connectivity index (χ4v) is 3.67. The third kappa shape index (κ3) is 5.18. The topological polar surface area (TPSA) is 30.7 Å². The molecule has 1 atom stereocenters. The first-order valence-corrected chi connectivity index (χ1v) is 9.41. The first-order chi connectivity index (χ1) is 11.6. The molecule has 0 bridgehead atoms. The molecule has 5 heteroatoms. The standard InChI is InChI=1S/C19H28NO3S/c1-5-21-18(22-6-2)14-23-19(3)15-24-17(20(19)4)13-12-16-10-8-7-9-11-16/h7-13,18H,5-6,14-15H2,1-4H3/q+1. The van der Waals surface area contributed by atoms with Gasteiger partial charge < -0.3 is 14.2 Å². The number of nitrogens with zero attached hydrogens (tertiary/aromatic N) is 1. The van der Waals surface area contributed by atoms with Crippen molar-refractivity contribution in [1.82, 2.24) is 0 Å². The smallest absolute Gasteiger partial charge is 0.274 e. The van der Waals surface area contributed by atoms with E-state index in [-0.39, 0.29) is 12.0 Å². The van der Waals surface area contributed by atoms with Gasteiger partial charge in [-0.15, -0.1) is 0 Å². The summed E-state index contributed by atoms with van der Waals surface area (Å²) in [5, 5.41) is 1.20. The van der Waals surface area contributed by atoms with Crippen molar-refractivity contribution in [3.05, 3.63) is 42.0 Å². The monoisotopic (exact) mass is 350 g/mol. The van der Waals surface area contributed by atoms with E-state index in [4.69, 9.17) is 14.2 Å². The van der Waals surface area contributed by atoms with Crippen molar-refractivity contribution in [2.45, 2.75) is 32.8 Å². The van der Waals surface area contributed by atoms with Gasteiger partial charge in [0.1, 0.15) is 13.7 Å². The maximum atomic E-state index is 6.15. The lowest BCUT2D eigenvalue weighted by molar-refractivity contribution is -0.626. The van der Waals surface area contributed by atoms with Crippen LogP contribution in [0.4, 0.5) is 0 Å². The second kappa shape index (κ2) is 9.37. The highest BCUT2D eigenvalue weighted by Gasteiger charge is 2.43. The first-order valence-electron chi connectivity index (χ1n) is 8.43. The Morgan fingerprint density at radius 1 is 1.17 bits per heavy atom. The van der Waals surface area contributed by atoms with E-state index in [2.05, 4.69) is 42.8 Å². The molecule has 0 fully saturated rings. The van der Waals surface area contributed by atoms with Gasteiger partial charge in [-0.1, -0.05) is 30.3 Å². The molecule has 0 radical (unpaired) electrons. The van der Waals surface area contributed by atoms with Crippen molar-refractivity contribution in [3.8, 4) is 0 Å². The van der Waals surface area contributed by atoms with Gasteiger partial charge in [0, 0.05) is 26.2 Å². The van der Waals surface area contributed by atoms with Crippen molar-refractivity contribution >= 4 is 22.9 Å². The highest BCUT2D eigenvalue weighted by Crippen LogP contribution is 2.28. The van der Waals surface area contributed by atoms with Gasteiger partial charge in [0.05, 0.1) is 5.75 Å². The third-order valence-corrected chi connectivity index (χ3v) is 5.37. The van der Waals surface area contributed by atoms with Gasteiger partial charge >= 0.3 is 0 Å². The van der Waals surface area contributed by atoms with E-state index in [1.165, 1.54) is 10.6 Å². The van der Waals surface area contributed by atoms with Crippen LogP contribution in [-0.4, -0.2) is 54.3 Å². The van der Waals surface area contributed by atoms with Gasteiger partial charge in [0.25, 0.3) is 5.72 Å². The fraction of sp³-hybridized carbons (Fsp3) is 0.526. The molecular formula is C19H28NO3S+. The second-order valence-electron chi connectivity index (χ2n) is 5.76. The van der Waals surface area contributed by atoms with Crippen LogP contribution in [0.25, 0.3) is 6.08 Å². The summed E-state index contributed by atoms with van der Waals surface area (Å²) in [4.78, 5) is 0. The fourth-order valence-electron chi connectivity index (χ4n) is 2.43. The molecule has 132 valence electrons. The first kappa shape index (κ1) is 19.2. The highest BCUT2D eigenvalue weighted by molar-refractivity contribution is 8.14. The normalized spacial score (nSPS) is 21.4. The second-order valence-corrected chi connectivity index (χ2v) is 6.75. The minimum Gasteiger partial charge on any atom is -0.351 e. The van der Waals surface area contributed by atoms with E-state index in [0.717, 1.165) is 5.75 Å². The SMILES string of the molecule is CCOC(COC1(C)CSC(C=Cc2ccccc2)=[N+]1C)OCC. The Morgan fingerprint density at radius 3 is 2.46 bits per heavy atom. The molecule has 1 aliphatic rings. The summed E-state index contributed by atoms with van der Waals surface area (Å²) in [6.45, 7) is 7.70. The van der Waals surface area contributed by atoms with Gasteiger partial charge in [0.2, 0.25) is 5.04 Å². The Hall–Kier alpha value is -1.14. The lowest BCUT2D eigenvalue weighted by Gasteiger charge is -2.24. The van der Waals surface area contributed by atoms with Gasteiger partial charge in [-0.2, -0.15) is 4.58 Å². The summed E-state index contributed by atoms with van der Waals surface area (Å²) < 4.78 is 19.5. The summed E-state index contributed by atoms with van der Waals surface area (Å²) in [5.41, 5.74) is 0.842. The number of thioether (sulfide) groups is 1.